The highest BCUT2D eigenvalue weighted by atomic mass is 32.2. The quantitative estimate of drug-likeness (QED) is 0.803. The zero-order chi connectivity index (χ0) is 15.5. The van der Waals surface area contributed by atoms with Gasteiger partial charge in [-0.25, -0.2) is 0 Å². The van der Waals surface area contributed by atoms with Gasteiger partial charge in [-0.2, -0.15) is 13.6 Å². The summed E-state index contributed by atoms with van der Waals surface area (Å²) in [5.74, 6) is 0.342. The van der Waals surface area contributed by atoms with Gasteiger partial charge in [0.2, 0.25) is 0 Å². The number of unbranched alkanes of at least 4 members (excludes halogenated alkanes) is 2. The first-order valence-electron chi connectivity index (χ1n) is 6.87. The number of aryl methyl sites for hydroxylation is 1. The molecule has 5 nitrogen and oxygen atoms in total. The van der Waals surface area contributed by atoms with Gasteiger partial charge in [0.05, 0.1) is 0 Å². The highest BCUT2D eigenvalue weighted by Gasteiger charge is 2.08. The molecular weight excluding hydrogens is 290 g/mol. The minimum atomic E-state index is -4.04. The molecule has 2 aromatic rings. The molecule has 0 amide bonds. The van der Waals surface area contributed by atoms with Crippen LogP contribution < -0.4 is 9.32 Å². The van der Waals surface area contributed by atoms with E-state index in [1.165, 1.54) is 6.07 Å². The second-order valence-electron chi connectivity index (χ2n) is 5.02. The van der Waals surface area contributed by atoms with Crippen LogP contribution in [0.5, 0.6) is 11.5 Å². The van der Waals surface area contributed by atoms with Crippen molar-refractivity contribution in [3.8, 4) is 11.5 Å². The molecule has 0 spiro atoms. The van der Waals surface area contributed by atoms with Crippen LogP contribution >= 0.6 is 0 Å². The lowest BCUT2D eigenvalue weighted by Crippen LogP contribution is -2.18. The van der Waals surface area contributed by atoms with Crippen LogP contribution in [0.25, 0.3) is 10.8 Å². The largest absolute Gasteiger partial charge is 0.508 e. The zero-order valence-electron chi connectivity index (χ0n) is 11.9. The maximum atomic E-state index is 10.9. The van der Waals surface area contributed by atoms with Crippen LogP contribution in [0.1, 0.15) is 31.7 Å². The van der Waals surface area contributed by atoms with Gasteiger partial charge in [0.1, 0.15) is 11.5 Å². The van der Waals surface area contributed by atoms with Gasteiger partial charge in [-0.15, -0.1) is 0 Å². The Bertz CT molecular complexity index is 741. The van der Waals surface area contributed by atoms with Crippen molar-refractivity contribution in [3.63, 3.8) is 0 Å². The van der Waals surface area contributed by atoms with E-state index in [-0.39, 0.29) is 11.5 Å². The molecule has 0 saturated carbocycles. The fraction of sp³-hybridized carbons (Fsp3) is 0.333. The van der Waals surface area contributed by atoms with Gasteiger partial charge < -0.3 is 9.29 Å². The Labute approximate surface area is 124 Å². The van der Waals surface area contributed by atoms with Crippen molar-refractivity contribution in [3.05, 3.63) is 35.9 Å². The number of benzene rings is 2. The van der Waals surface area contributed by atoms with Crippen molar-refractivity contribution < 1.29 is 17.7 Å². The second kappa shape index (κ2) is 6.32. The standard InChI is InChI=1S/C15H19NO4S/c1-2-3-4-5-12-8-11-6-7-14(20-21(16,18)19)9-13(11)10-15(12)17/h6-10,17H,2-5H2,1H3,(H2,16,18,19). The number of nitrogens with two attached hydrogens (primary N) is 1. The third kappa shape index (κ3) is 4.34. The summed E-state index contributed by atoms with van der Waals surface area (Å²) in [4.78, 5) is 0. The average molecular weight is 309 g/mol. The molecule has 0 aromatic heterocycles. The monoisotopic (exact) mass is 309 g/mol. The fourth-order valence-corrected chi connectivity index (χ4v) is 2.63. The second-order valence-corrected chi connectivity index (χ2v) is 6.18. The van der Waals surface area contributed by atoms with Gasteiger partial charge in [-0.1, -0.05) is 25.8 Å². The van der Waals surface area contributed by atoms with E-state index in [4.69, 9.17) is 5.14 Å². The molecule has 21 heavy (non-hydrogen) atoms. The normalized spacial score (nSPS) is 11.7. The summed E-state index contributed by atoms with van der Waals surface area (Å²) in [5.41, 5.74) is 0.899. The lowest BCUT2D eigenvalue weighted by atomic mass is 10.0. The molecule has 0 atom stereocenters. The Balaban J connectivity index is 2.31. The van der Waals surface area contributed by atoms with Gasteiger partial charge in [0.15, 0.2) is 0 Å². The van der Waals surface area contributed by atoms with Gasteiger partial charge in [0, 0.05) is 0 Å². The van der Waals surface area contributed by atoms with Gasteiger partial charge in [-0.05, 0) is 53.4 Å². The first-order chi connectivity index (χ1) is 9.89. The minimum Gasteiger partial charge on any atom is -0.508 e. The number of hydrogen-bond donors (Lipinski definition) is 2. The predicted molar refractivity (Wildman–Crippen MR) is 82.6 cm³/mol. The molecule has 2 aromatic carbocycles. The third-order valence-corrected chi connectivity index (χ3v) is 3.70. The minimum absolute atomic E-state index is 0.128. The number of hydrogen-bond acceptors (Lipinski definition) is 4. The van der Waals surface area contributed by atoms with E-state index >= 15 is 0 Å². The lowest BCUT2D eigenvalue weighted by molar-refractivity contribution is 0.467. The average Bonchev–Trinajstić information content (AvgIpc) is 2.38. The molecule has 0 saturated heterocycles. The Kier molecular flexibility index (Phi) is 4.69. The van der Waals surface area contributed by atoms with Crippen LogP contribution in [0, 0.1) is 0 Å². The van der Waals surface area contributed by atoms with E-state index < -0.39 is 10.3 Å². The molecule has 0 aliphatic heterocycles. The number of phenols is 1. The van der Waals surface area contributed by atoms with Crippen LogP contribution in [0.2, 0.25) is 0 Å². The molecule has 0 heterocycles. The van der Waals surface area contributed by atoms with E-state index in [1.54, 1.807) is 18.2 Å². The Morgan fingerprint density at radius 3 is 2.57 bits per heavy atom. The Morgan fingerprint density at radius 2 is 1.90 bits per heavy atom. The van der Waals surface area contributed by atoms with Crippen molar-refractivity contribution in [2.24, 2.45) is 5.14 Å². The number of rotatable bonds is 6. The molecule has 6 heteroatoms. The number of fused-ring (bicyclic) bond motifs is 1. The molecule has 0 aliphatic carbocycles. The van der Waals surface area contributed by atoms with Gasteiger partial charge >= 0.3 is 10.3 Å². The maximum absolute atomic E-state index is 10.9. The summed E-state index contributed by atoms with van der Waals surface area (Å²) in [6.45, 7) is 2.13. The highest BCUT2D eigenvalue weighted by molar-refractivity contribution is 7.84. The predicted octanol–water partition coefficient (Wildman–Crippen LogP) is 2.86. The first-order valence-corrected chi connectivity index (χ1v) is 8.34. The molecule has 114 valence electrons. The van der Waals surface area contributed by atoms with Crippen molar-refractivity contribution in [2.75, 3.05) is 0 Å². The van der Waals surface area contributed by atoms with Crippen LogP contribution in [-0.4, -0.2) is 13.5 Å². The molecular formula is C15H19NO4S. The molecule has 0 unspecified atom stereocenters. The van der Waals surface area contributed by atoms with Crippen LogP contribution in [0.4, 0.5) is 0 Å². The van der Waals surface area contributed by atoms with E-state index in [0.29, 0.717) is 5.39 Å². The summed E-state index contributed by atoms with van der Waals surface area (Å²) in [7, 11) is -4.04. The molecule has 0 bridgehead atoms. The van der Waals surface area contributed by atoms with Crippen molar-refractivity contribution in [1.82, 2.24) is 0 Å². The van der Waals surface area contributed by atoms with Gasteiger partial charge in [0.25, 0.3) is 0 Å². The highest BCUT2D eigenvalue weighted by Crippen LogP contribution is 2.29. The smallest absolute Gasteiger partial charge is 0.380 e. The third-order valence-electron chi connectivity index (χ3n) is 3.27. The number of phenolic OH excluding ortho intramolecular Hbond substituents is 1. The summed E-state index contributed by atoms with van der Waals surface area (Å²) >= 11 is 0. The Morgan fingerprint density at radius 1 is 1.14 bits per heavy atom. The van der Waals surface area contributed by atoms with Gasteiger partial charge in [-0.3, -0.25) is 0 Å². The molecule has 2 rings (SSSR count). The molecule has 0 radical (unpaired) electrons. The van der Waals surface area contributed by atoms with E-state index in [0.717, 1.165) is 36.6 Å². The fourth-order valence-electron chi connectivity index (χ4n) is 2.26. The molecule has 0 aliphatic rings. The van der Waals surface area contributed by atoms with E-state index in [1.807, 2.05) is 6.07 Å². The lowest BCUT2D eigenvalue weighted by Gasteiger charge is -2.08. The van der Waals surface area contributed by atoms with Crippen LogP contribution in [-0.2, 0) is 16.7 Å². The number of aromatic hydroxyl groups is 1. The van der Waals surface area contributed by atoms with Crippen LogP contribution in [0.15, 0.2) is 30.3 Å². The van der Waals surface area contributed by atoms with E-state index in [9.17, 15) is 13.5 Å². The molecule has 3 N–H and O–H groups in total. The maximum Gasteiger partial charge on any atom is 0.380 e. The van der Waals surface area contributed by atoms with Crippen molar-refractivity contribution >= 4 is 21.1 Å². The van der Waals surface area contributed by atoms with Crippen molar-refractivity contribution in [2.45, 2.75) is 32.6 Å². The van der Waals surface area contributed by atoms with E-state index in [2.05, 4.69) is 11.1 Å². The molecule has 0 fully saturated rings. The summed E-state index contributed by atoms with van der Waals surface area (Å²) in [5, 5.41) is 16.5. The first kappa shape index (κ1) is 15.6. The summed E-state index contributed by atoms with van der Waals surface area (Å²) < 4.78 is 26.4. The van der Waals surface area contributed by atoms with Crippen molar-refractivity contribution in [1.29, 1.82) is 0 Å². The van der Waals surface area contributed by atoms with Crippen LogP contribution in [0.3, 0.4) is 0 Å². The summed E-state index contributed by atoms with van der Waals surface area (Å²) in [6.07, 6.45) is 4.11. The SMILES string of the molecule is CCCCCc1cc2ccc(OS(N)(=O)=O)cc2cc1O. The zero-order valence-corrected chi connectivity index (χ0v) is 12.7. The topological polar surface area (TPSA) is 89.6 Å². The summed E-state index contributed by atoms with van der Waals surface area (Å²) in [6, 6.07) is 8.36. The Hall–Kier alpha value is -1.79.